The van der Waals surface area contributed by atoms with E-state index in [1.165, 1.54) is 4.88 Å². The first-order valence-electron chi connectivity index (χ1n) is 7.44. The molecule has 0 spiro atoms. The summed E-state index contributed by atoms with van der Waals surface area (Å²) in [4.78, 5) is 5.84. The maximum Gasteiger partial charge on any atom is 0.238 e. The van der Waals surface area contributed by atoms with E-state index >= 15 is 0 Å². The van der Waals surface area contributed by atoms with Gasteiger partial charge in [-0.15, -0.1) is 11.3 Å². The number of nitrogens with one attached hydrogen (secondary N) is 1. The Balaban J connectivity index is 1.80. The van der Waals surface area contributed by atoms with Crippen molar-refractivity contribution < 1.29 is 8.42 Å². The van der Waals surface area contributed by atoms with Gasteiger partial charge in [0, 0.05) is 23.0 Å². The Hall–Kier alpha value is -1.28. The van der Waals surface area contributed by atoms with Crippen LogP contribution >= 0.6 is 11.3 Å². The molecule has 0 radical (unpaired) electrons. The number of hydrogen-bond acceptors (Lipinski definition) is 5. The zero-order valence-corrected chi connectivity index (χ0v) is 15.3. The Bertz CT molecular complexity index is 744. The average Bonchev–Trinajstić information content (AvgIpc) is 2.92. The molecule has 7 heteroatoms. The zero-order chi connectivity index (χ0) is 17.1. The van der Waals surface area contributed by atoms with Crippen LogP contribution in [0.25, 0.3) is 0 Å². The molecule has 0 aliphatic heterocycles. The third-order valence-corrected chi connectivity index (χ3v) is 5.69. The first-order valence-corrected chi connectivity index (χ1v) is 9.80. The van der Waals surface area contributed by atoms with Crippen LogP contribution in [0, 0.1) is 0 Å². The second kappa shape index (κ2) is 7.09. The second-order valence-corrected chi connectivity index (χ2v) is 9.17. The lowest BCUT2D eigenvalue weighted by Crippen LogP contribution is -2.16. The highest BCUT2D eigenvalue weighted by atomic mass is 32.2. The van der Waals surface area contributed by atoms with Gasteiger partial charge in [-0.25, -0.2) is 18.5 Å². The average molecular weight is 354 g/mol. The molecule has 3 N–H and O–H groups in total. The van der Waals surface area contributed by atoms with E-state index in [4.69, 9.17) is 5.14 Å². The molecule has 0 atom stereocenters. The molecule has 2 rings (SSSR count). The van der Waals surface area contributed by atoms with Crippen molar-refractivity contribution in [3.05, 3.63) is 45.9 Å². The summed E-state index contributed by atoms with van der Waals surface area (Å²) in [5.41, 5.74) is 1.16. The van der Waals surface area contributed by atoms with Crippen molar-refractivity contribution in [2.45, 2.75) is 44.0 Å². The molecule has 0 saturated heterocycles. The summed E-state index contributed by atoms with van der Waals surface area (Å²) in [5.74, 6) is 0. The van der Waals surface area contributed by atoms with Gasteiger partial charge in [-0.05, 0) is 30.7 Å². The van der Waals surface area contributed by atoms with Crippen LogP contribution in [0.15, 0.2) is 35.4 Å². The summed E-state index contributed by atoms with van der Waals surface area (Å²) in [6, 6.07) is 6.69. The van der Waals surface area contributed by atoms with Gasteiger partial charge in [-0.3, -0.25) is 0 Å². The van der Waals surface area contributed by atoms with E-state index in [-0.39, 0.29) is 10.3 Å². The molecule has 0 aliphatic rings. The van der Waals surface area contributed by atoms with Gasteiger partial charge in [0.1, 0.15) is 0 Å². The van der Waals surface area contributed by atoms with Gasteiger partial charge in [0.05, 0.1) is 9.90 Å². The Morgan fingerprint density at radius 2 is 1.87 bits per heavy atom. The quantitative estimate of drug-likeness (QED) is 0.781. The monoisotopic (exact) mass is 353 g/mol. The summed E-state index contributed by atoms with van der Waals surface area (Å²) < 4.78 is 22.4. The topological polar surface area (TPSA) is 85.1 Å². The molecule has 1 heterocycles. The third kappa shape index (κ3) is 5.39. The van der Waals surface area contributed by atoms with Gasteiger partial charge in [0.25, 0.3) is 0 Å². The largest absolute Gasteiger partial charge is 0.311 e. The minimum Gasteiger partial charge on any atom is -0.311 e. The molecular formula is C16H23N3O2S2. The second-order valence-electron chi connectivity index (χ2n) is 6.50. The Labute approximate surface area is 142 Å². The van der Waals surface area contributed by atoms with Crippen molar-refractivity contribution in [1.29, 1.82) is 0 Å². The normalized spacial score (nSPS) is 12.5. The summed E-state index contributed by atoms with van der Waals surface area (Å²) >= 11 is 1.74. The first-order chi connectivity index (χ1) is 10.7. The molecule has 0 aliphatic carbocycles. The number of sulfonamides is 1. The molecule has 1 aromatic heterocycles. The summed E-state index contributed by atoms with van der Waals surface area (Å²) in [6.07, 6.45) is 2.76. The predicted molar refractivity (Wildman–Crippen MR) is 94.0 cm³/mol. The molecular weight excluding hydrogens is 330 g/mol. The number of thiazole rings is 1. The number of nitrogens with zero attached hydrogens (tertiary/aromatic N) is 1. The number of hydrogen-bond donors (Lipinski definition) is 2. The highest BCUT2D eigenvalue weighted by Gasteiger charge is 2.17. The fourth-order valence-electron chi connectivity index (χ4n) is 2.03. The minimum absolute atomic E-state index is 0.0913. The summed E-state index contributed by atoms with van der Waals surface area (Å²) in [5, 5.41) is 9.61. The fraction of sp³-hybridized carbons (Fsp3) is 0.438. The van der Waals surface area contributed by atoms with Crippen molar-refractivity contribution in [2.24, 2.45) is 5.14 Å². The molecule has 0 saturated carbocycles. The Kier molecular flexibility index (Phi) is 5.57. The maximum atomic E-state index is 11.2. The summed E-state index contributed by atoms with van der Waals surface area (Å²) in [6.45, 7) is 8.09. The van der Waals surface area contributed by atoms with Gasteiger partial charge >= 0.3 is 0 Å². The number of nitrogens with two attached hydrogens (primary N) is 1. The fourth-order valence-corrected chi connectivity index (χ4v) is 3.48. The van der Waals surface area contributed by atoms with E-state index in [1.807, 2.05) is 6.20 Å². The Morgan fingerprint density at radius 3 is 2.39 bits per heavy atom. The highest BCUT2D eigenvalue weighted by Crippen LogP contribution is 2.26. The van der Waals surface area contributed by atoms with Crippen LogP contribution in [-0.4, -0.2) is 19.9 Å². The van der Waals surface area contributed by atoms with Crippen LogP contribution in [0.1, 0.15) is 36.2 Å². The van der Waals surface area contributed by atoms with Gasteiger partial charge in [-0.2, -0.15) is 0 Å². The number of primary sulfonamides is 1. The van der Waals surface area contributed by atoms with Crippen LogP contribution in [0.2, 0.25) is 0 Å². The van der Waals surface area contributed by atoms with Gasteiger partial charge < -0.3 is 5.32 Å². The van der Waals surface area contributed by atoms with Crippen LogP contribution in [0.5, 0.6) is 0 Å². The van der Waals surface area contributed by atoms with Crippen molar-refractivity contribution in [1.82, 2.24) is 10.3 Å². The number of rotatable bonds is 6. The van der Waals surface area contributed by atoms with Gasteiger partial charge in [-0.1, -0.05) is 32.9 Å². The maximum absolute atomic E-state index is 11.2. The highest BCUT2D eigenvalue weighted by molar-refractivity contribution is 7.89. The van der Waals surface area contributed by atoms with E-state index < -0.39 is 10.0 Å². The SMILES string of the molecule is CC(C)(C)c1ncc(CNCCc2ccc(S(N)(=O)=O)cc2)s1. The lowest BCUT2D eigenvalue weighted by atomic mass is 9.98. The first kappa shape index (κ1) is 18.1. The van der Waals surface area contributed by atoms with Crippen LogP contribution < -0.4 is 10.5 Å². The van der Waals surface area contributed by atoms with Gasteiger partial charge in [0.15, 0.2) is 0 Å². The van der Waals surface area contributed by atoms with Gasteiger partial charge in [0.2, 0.25) is 10.0 Å². The molecule has 5 nitrogen and oxygen atoms in total. The molecule has 0 unspecified atom stereocenters. The lowest BCUT2D eigenvalue weighted by molar-refractivity contribution is 0.585. The molecule has 0 bridgehead atoms. The van der Waals surface area contributed by atoms with E-state index in [0.29, 0.717) is 0 Å². The van der Waals surface area contributed by atoms with Crippen molar-refractivity contribution in [2.75, 3.05) is 6.54 Å². The smallest absolute Gasteiger partial charge is 0.238 e. The van der Waals surface area contributed by atoms with Crippen molar-refractivity contribution in [3.63, 3.8) is 0 Å². The van der Waals surface area contributed by atoms with E-state index in [2.05, 4.69) is 31.1 Å². The molecule has 0 amide bonds. The van der Waals surface area contributed by atoms with E-state index in [9.17, 15) is 8.42 Å². The predicted octanol–water partition coefficient (Wildman–Crippen LogP) is 2.42. The molecule has 126 valence electrons. The number of benzene rings is 1. The zero-order valence-electron chi connectivity index (χ0n) is 13.7. The van der Waals surface area contributed by atoms with E-state index in [1.54, 1.807) is 35.6 Å². The van der Waals surface area contributed by atoms with Crippen LogP contribution in [-0.2, 0) is 28.4 Å². The molecule has 1 aromatic carbocycles. The lowest BCUT2D eigenvalue weighted by Gasteiger charge is -2.13. The van der Waals surface area contributed by atoms with Crippen molar-refractivity contribution in [3.8, 4) is 0 Å². The summed E-state index contributed by atoms with van der Waals surface area (Å²) in [7, 11) is -3.61. The number of aromatic nitrogens is 1. The van der Waals surface area contributed by atoms with Crippen LogP contribution in [0.3, 0.4) is 0 Å². The Morgan fingerprint density at radius 1 is 1.22 bits per heavy atom. The third-order valence-electron chi connectivity index (χ3n) is 3.34. The van der Waals surface area contributed by atoms with E-state index in [0.717, 1.165) is 30.1 Å². The minimum atomic E-state index is -3.61. The molecule has 2 aromatic rings. The molecule has 23 heavy (non-hydrogen) atoms. The molecule has 0 fully saturated rings. The standard InChI is InChI=1S/C16H23N3O2S2/c1-16(2,3)15-19-11-13(22-15)10-18-9-8-12-4-6-14(7-5-12)23(17,20)21/h4-7,11,18H,8-10H2,1-3H3,(H2,17,20,21). The van der Waals surface area contributed by atoms with Crippen molar-refractivity contribution >= 4 is 21.4 Å². The van der Waals surface area contributed by atoms with Crippen LogP contribution in [0.4, 0.5) is 0 Å².